The molecule has 0 bridgehead atoms. The monoisotopic (exact) mass is 824 g/mol. The summed E-state index contributed by atoms with van der Waals surface area (Å²) >= 11 is 6.54. The summed E-state index contributed by atoms with van der Waals surface area (Å²) in [4.78, 5) is 55.2. The Kier molecular flexibility index (Phi) is 12.1. The number of aromatic amines is 1. The molecule has 0 saturated carbocycles. The Morgan fingerprint density at radius 3 is 2.48 bits per heavy atom. The van der Waals surface area contributed by atoms with Crippen molar-refractivity contribution >= 4 is 41.0 Å². The number of ether oxygens (including phenoxy) is 2. The smallest absolute Gasteiger partial charge is 0.465 e. The Bertz CT molecular complexity index is 2110. The Hall–Kier alpha value is -5.39. The first-order chi connectivity index (χ1) is 27.7. The lowest BCUT2D eigenvalue weighted by Gasteiger charge is -2.34. The van der Waals surface area contributed by atoms with Crippen molar-refractivity contribution in [2.75, 3.05) is 49.6 Å². The van der Waals surface area contributed by atoms with E-state index in [1.165, 1.54) is 12.3 Å². The molecular formula is C40H44ClF3N8O6. The standard InChI is InChI=1S/C40H44ClF3N8O6/c1-22-15-32(52(21-22)38(54)35(50-39(55)56)26-9-13-57-14-10-26)36-47-20-31(49-36)25-5-3-24(4-6-25)28-16-30(41)29(17-33(28)58-40(42,43)44)37(53)48-27-7-8-34(46-19-27)51-12-11-45-18-23(51)2/h3-8,16-17,19-20,22-23,26,32,35,45,50H,9-15,18,21H2,1-2H3,(H,47,49)(H,48,53)(H,55,56)/t22-,23+,32-,35-/m0/s1. The van der Waals surface area contributed by atoms with E-state index in [0.29, 0.717) is 67.4 Å². The van der Waals surface area contributed by atoms with Crippen LogP contribution in [-0.2, 0) is 9.53 Å². The number of aromatic nitrogens is 3. The van der Waals surface area contributed by atoms with Crippen molar-refractivity contribution in [2.45, 2.75) is 57.6 Å². The fraction of sp³-hybridized carbons (Fsp3) is 0.425. The molecule has 7 rings (SSSR count). The van der Waals surface area contributed by atoms with E-state index in [1.54, 1.807) is 47.5 Å². The average molecular weight is 825 g/mol. The van der Waals surface area contributed by atoms with Crippen LogP contribution in [0.3, 0.4) is 0 Å². The molecule has 3 aliphatic rings. The number of carboxylic acid groups (broad SMARTS) is 1. The predicted octanol–water partition coefficient (Wildman–Crippen LogP) is 6.71. The molecule has 0 unspecified atom stereocenters. The highest BCUT2D eigenvalue weighted by molar-refractivity contribution is 6.35. The van der Waals surface area contributed by atoms with Crippen LogP contribution in [0.25, 0.3) is 22.4 Å². The summed E-state index contributed by atoms with van der Waals surface area (Å²) in [5.74, 6) is -0.465. The summed E-state index contributed by atoms with van der Waals surface area (Å²) in [5.41, 5.74) is 1.61. The van der Waals surface area contributed by atoms with Gasteiger partial charge in [-0.2, -0.15) is 0 Å². The molecule has 4 atom stereocenters. The molecule has 0 spiro atoms. The van der Waals surface area contributed by atoms with Gasteiger partial charge < -0.3 is 45.3 Å². The quantitative estimate of drug-likeness (QED) is 0.116. The lowest BCUT2D eigenvalue weighted by Crippen LogP contribution is -2.53. The molecule has 18 heteroatoms. The zero-order valence-electron chi connectivity index (χ0n) is 31.8. The normalized spacial score (nSPS) is 20.8. The van der Waals surface area contributed by atoms with E-state index < -0.39 is 36.2 Å². The number of carbonyl (C=O) groups excluding carboxylic acids is 2. The molecule has 5 heterocycles. The van der Waals surface area contributed by atoms with E-state index in [2.05, 4.69) is 42.5 Å². The van der Waals surface area contributed by atoms with Gasteiger partial charge in [0.25, 0.3) is 5.91 Å². The molecule has 308 valence electrons. The van der Waals surface area contributed by atoms with E-state index in [0.717, 1.165) is 31.5 Å². The highest BCUT2D eigenvalue weighted by atomic mass is 35.5. The van der Waals surface area contributed by atoms with Crippen molar-refractivity contribution in [1.29, 1.82) is 0 Å². The van der Waals surface area contributed by atoms with Crippen LogP contribution in [0.2, 0.25) is 5.02 Å². The maximum atomic E-state index is 13.9. The van der Waals surface area contributed by atoms with Crippen LogP contribution in [0.15, 0.2) is 60.9 Å². The van der Waals surface area contributed by atoms with E-state index >= 15 is 0 Å². The summed E-state index contributed by atoms with van der Waals surface area (Å²) in [6, 6.07) is 11.1. The van der Waals surface area contributed by atoms with Gasteiger partial charge in [0.1, 0.15) is 23.4 Å². The number of imidazole rings is 1. The largest absolute Gasteiger partial charge is 0.573 e. The summed E-state index contributed by atoms with van der Waals surface area (Å²) in [7, 11) is 0. The fourth-order valence-electron chi connectivity index (χ4n) is 7.94. The van der Waals surface area contributed by atoms with Gasteiger partial charge in [-0.3, -0.25) is 9.59 Å². The predicted molar refractivity (Wildman–Crippen MR) is 210 cm³/mol. The summed E-state index contributed by atoms with van der Waals surface area (Å²) < 4.78 is 51.0. The molecule has 3 fully saturated rings. The molecule has 0 aliphatic carbocycles. The number of H-pyrrole nitrogens is 1. The van der Waals surface area contributed by atoms with Gasteiger partial charge in [-0.05, 0) is 67.9 Å². The molecule has 2 aromatic carbocycles. The summed E-state index contributed by atoms with van der Waals surface area (Å²) in [6.07, 6.45) is -1.44. The number of nitrogens with zero attached hydrogens (tertiary/aromatic N) is 4. The van der Waals surface area contributed by atoms with Crippen LogP contribution in [0.1, 0.15) is 55.3 Å². The van der Waals surface area contributed by atoms with Crippen molar-refractivity contribution in [3.05, 3.63) is 77.3 Å². The van der Waals surface area contributed by atoms with Gasteiger partial charge in [-0.1, -0.05) is 42.8 Å². The van der Waals surface area contributed by atoms with Gasteiger partial charge in [0, 0.05) is 62.8 Å². The molecule has 3 aliphatic heterocycles. The van der Waals surface area contributed by atoms with Crippen LogP contribution in [0, 0.1) is 11.8 Å². The number of hydrogen-bond acceptors (Lipinski definition) is 9. The molecule has 4 aromatic rings. The van der Waals surface area contributed by atoms with E-state index in [-0.39, 0.29) is 39.9 Å². The number of amides is 3. The highest BCUT2D eigenvalue weighted by Crippen LogP contribution is 2.40. The van der Waals surface area contributed by atoms with E-state index in [9.17, 15) is 32.7 Å². The van der Waals surface area contributed by atoms with Crippen molar-refractivity contribution in [3.63, 3.8) is 0 Å². The zero-order valence-corrected chi connectivity index (χ0v) is 32.6. The maximum Gasteiger partial charge on any atom is 0.573 e. The molecule has 0 radical (unpaired) electrons. The second-order valence-corrected chi connectivity index (χ2v) is 15.4. The minimum Gasteiger partial charge on any atom is -0.465 e. The Labute approximate surface area is 337 Å². The van der Waals surface area contributed by atoms with Crippen LogP contribution < -0.4 is 25.6 Å². The van der Waals surface area contributed by atoms with Gasteiger partial charge in [0.2, 0.25) is 5.91 Å². The van der Waals surface area contributed by atoms with Gasteiger partial charge in [0.15, 0.2) is 0 Å². The van der Waals surface area contributed by atoms with Crippen molar-refractivity contribution < 1.29 is 42.1 Å². The van der Waals surface area contributed by atoms with E-state index in [4.69, 9.17) is 21.3 Å². The van der Waals surface area contributed by atoms with Gasteiger partial charge >= 0.3 is 12.5 Å². The third-order valence-electron chi connectivity index (χ3n) is 10.8. The molecule has 58 heavy (non-hydrogen) atoms. The molecule has 2 aromatic heterocycles. The number of halogens is 4. The van der Waals surface area contributed by atoms with Crippen LogP contribution >= 0.6 is 11.6 Å². The molecule has 3 saturated heterocycles. The van der Waals surface area contributed by atoms with Crippen molar-refractivity contribution in [3.8, 4) is 28.1 Å². The number of pyridine rings is 1. The first-order valence-corrected chi connectivity index (χ1v) is 19.5. The number of nitrogens with one attached hydrogen (secondary N) is 4. The minimum absolute atomic E-state index is 0.00690. The molecule has 14 nitrogen and oxygen atoms in total. The fourth-order valence-corrected chi connectivity index (χ4v) is 8.19. The summed E-state index contributed by atoms with van der Waals surface area (Å²) in [5, 5.41) is 17.9. The van der Waals surface area contributed by atoms with Gasteiger partial charge in [-0.25, -0.2) is 14.8 Å². The van der Waals surface area contributed by atoms with Crippen molar-refractivity contribution in [2.24, 2.45) is 11.8 Å². The summed E-state index contributed by atoms with van der Waals surface area (Å²) in [6.45, 7) is 7.82. The molecule has 5 N–H and O–H groups in total. The average Bonchev–Trinajstić information content (AvgIpc) is 3.85. The number of likely N-dealkylation sites (tertiary alicyclic amines) is 1. The first-order valence-electron chi connectivity index (χ1n) is 19.1. The van der Waals surface area contributed by atoms with Gasteiger partial charge in [-0.15, -0.1) is 13.2 Å². The van der Waals surface area contributed by atoms with Gasteiger partial charge in [0.05, 0.1) is 34.2 Å². The highest BCUT2D eigenvalue weighted by Gasteiger charge is 2.42. The SMILES string of the molecule is C[C@H]1C[C@@H](c2nc(-c3ccc(-c4cc(Cl)c(C(=O)Nc5ccc(N6CCNC[C@H]6C)nc5)cc4OC(F)(F)F)cc3)c[nH]2)N(C(=O)[C@@H](NC(=O)O)C2CCOCC2)C1. The second kappa shape index (κ2) is 17.2. The minimum atomic E-state index is -5.07. The number of alkyl halides is 3. The molecule has 3 amide bonds. The lowest BCUT2D eigenvalue weighted by atomic mass is 9.90. The van der Waals surface area contributed by atoms with Crippen LogP contribution in [0.5, 0.6) is 5.75 Å². The Morgan fingerprint density at radius 2 is 1.81 bits per heavy atom. The zero-order chi connectivity index (χ0) is 41.1. The Morgan fingerprint density at radius 1 is 1.07 bits per heavy atom. The third kappa shape index (κ3) is 9.32. The number of hydrogen-bond donors (Lipinski definition) is 5. The lowest BCUT2D eigenvalue weighted by molar-refractivity contribution is -0.274. The first kappa shape index (κ1) is 40.8. The topological polar surface area (TPSA) is 174 Å². The third-order valence-corrected chi connectivity index (χ3v) is 11.1. The van der Waals surface area contributed by atoms with Crippen LogP contribution in [0.4, 0.5) is 29.5 Å². The van der Waals surface area contributed by atoms with Crippen molar-refractivity contribution in [1.82, 2.24) is 30.5 Å². The van der Waals surface area contributed by atoms with E-state index in [1.807, 2.05) is 6.92 Å². The second-order valence-electron chi connectivity index (χ2n) is 15.0. The maximum absolute atomic E-state index is 13.9. The Balaban J connectivity index is 1.09. The van der Waals surface area contributed by atoms with Crippen LogP contribution in [-0.4, -0.2) is 101 Å². The number of anilines is 2. The number of piperazine rings is 1. The number of rotatable bonds is 10. The number of carbonyl (C=O) groups is 3. The number of benzene rings is 2. The molecular weight excluding hydrogens is 781 g/mol.